The molecule has 5 nitrogen and oxygen atoms in total. The van der Waals surface area contributed by atoms with E-state index >= 15 is 0 Å². The van der Waals surface area contributed by atoms with Gasteiger partial charge < -0.3 is 5.32 Å². The van der Waals surface area contributed by atoms with E-state index in [1.165, 1.54) is 11.8 Å². The highest BCUT2D eigenvalue weighted by molar-refractivity contribution is 7.99. The van der Waals surface area contributed by atoms with Crippen molar-refractivity contribution in [2.24, 2.45) is 0 Å². The Morgan fingerprint density at radius 2 is 1.92 bits per heavy atom. The second-order valence-corrected chi connectivity index (χ2v) is 6.57. The lowest BCUT2D eigenvalue weighted by Crippen LogP contribution is -2.14. The molecule has 0 fully saturated rings. The fourth-order valence-electron chi connectivity index (χ4n) is 2.51. The second kappa shape index (κ2) is 7.98. The first-order chi connectivity index (χ1) is 12.2. The minimum Gasteiger partial charge on any atom is -0.325 e. The van der Waals surface area contributed by atoms with Crippen molar-refractivity contribution in [1.82, 2.24) is 14.8 Å². The highest BCUT2D eigenvalue weighted by Gasteiger charge is 2.14. The van der Waals surface area contributed by atoms with Gasteiger partial charge in [0.05, 0.1) is 5.75 Å². The Kier molecular flexibility index (Phi) is 5.50. The van der Waals surface area contributed by atoms with Crippen LogP contribution in [0.25, 0.3) is 5.69 Å². The summed E-state index contributed by atoms with van der Waals surface area (Å²) in [4.78, 5) is 12.2. The number of benzene rings is 2. The zero-order valence-corrected chi connectivity index (χ0v) is 15.1. The molecule has 0 aliphatic heterocycles. The number of rotatable bonds is 6. The van der Waals surface area contributed by atoms with Gasteiger partial charge in [-0.25, -0.2) is 0 Å². The van der Waals surface area contributed by atoms with E-state index in [-0.39, 0.29) is 11.7 Å². The Morgan fingerprint density at radius 3 is 2.64 bits per heavy atom. The van der Waals surface area contributed by atoms with Gasteiger partial charge in [0.1, 0.15) is 5.82 Å². The van der Waals surface area contributed by atoms with E-state index in [0.29, 0.717) is 0 Å². The van der Waals surface area contributed by atoms with Gasteiger partial charge in [0.2, 0.25) is 5.91 Å². The van der Waals surface area contributed by atoms with Crippen LogP contribution in [0.4, 0.5) is 5.69 Å². The van der Waals surface area contributed by atoms with E-state index in [0.717, 1.165) is 34.3 Å². The molecular weight excluding hydrogens is 332 g/mol. The second-order valence-electron chi connectivity index (χ2n) is 5.63. The van der Waals surface area contributed by atoms with Gasteiger partial charge in [-0.05, 0) is 36.8 Å². The van der Waals surface area contributed by atoms with E-state index in [4.69, 9.17) is 0 Å². The summed E-state index contributed by atoms with van der Waals surface area (Å²) in [5, 5.41) is 12.1. The van der Waals surface area contributed by atoms with Crippen molar-refractivity contribution in [3.8, 4) is 5.69 Å². The third kappa shape index (κ3) is 4.28. The predicted molar refractivity (Wildman–Crippen MR) is 101 cm³/mol. The maximum atomic E-state index is 12.2. The number of aryl methyl sites for hydroxylation is 2. The van der Waals surface area contributed by atoms with E-state index in [1.807, 2.05) is 73.0 Å². The SMILES string of the molecule is CCc1nnc(SCC(=O)Nc2cccc(C)c2)n1-c1ccccc1. The Labute approximate surface area is 151 Å². The number of para-hydroxylation sites is 1. The molecule has 1 heterocycles. The summed E-state index contributed by atoms with van der Waals surface area (Å²) in [5.74, 6) is 1.10. The van der Waals surface area contributed by atoms with Crippen LogP contribution in [-0.4, -0.2) is 26.4 Å². The number of nitrogens with zero attached hydrogens (tertiary/aromatic N) is 3. The van der Waals surface area contributed by atoms with Crippen molar-refractivity contribution < 1.29 is 4.79 Å². The molecule has 0 aliphatic rings. The third-order valence-corrected chi connectivity index (χ3v) is 4.59. The largest absolute Gasteiger partial charge is 0.325 e. The summed E-state index contributed by atoms with van der Waals surface area (Å²) in [6, 6.07) is 17.7. The van der Waals surface area contributed by atoms with E-state index < -0.39 is 0 Å². The first kappa shape index (κ1) is 17.2. The third-order valence-electron chi connectivity index (χ3n) is 3.67. The van der Waals surface area contributed by atoms with Crippen molar-refractivity contribution in [3.63, 3.8) is 0 Å². The summed E-state index contributed by atoms with van der Waals surface area (Å²) >= 11 is 1.39. The molecule has 0 radical (unpaired) electrons. The Hall–Kier alpha value is -2.60. The molecule has 0 atom stereocenters. The topological polar surface area (TPSA) is 59.8 Å². The predicted octanol–water partition coefficient (Wildman–Crippen LogP) is 3.87. The molecule has 3 rings (SSSR count). The van der Waals surface area contributed by atoms with Crippen LogP contribution >= 0.6 is 11.8 Å². The lowest BCUT2D eigenvalue weighted by molar-refractivity contribution is -0.113. The Morgan fingerprint density at radius 1 is 1.12 bits per heavy atom. The summed E-state index contributed by atoms with van der Waals surface area (Å²) in [6.07, 6.45) is 0.776. The summed E-state index contributed by atoms with van der Waals surface area (Å²) < 4.78 is 2.00. The molecule has 1 N–H and O–H groups in total. The molecule has 6 heteroatoms. The molecule has 1 aromatic heterocycles. The Balaban J connectivity index is 1.71. The number of amides is 1. The maximum absolute atomic E-state index is 12.2. The van der Waals surface area contributed by atoms with Crippen LogP contribution in [-0.2, 0) is 11.2 Å². The number of carbonyl (C=O) groups is 1. The van der Waals surface area contributed by atoms with E-state index in [1.54, 1.807) is 0 Å². The number of aromatic nitrogens is 3. The van der Waals surface area contributed by atoms with Gasteiger partial charge in [-0.15, -0.1) is 10.2 Å². The fraction of sp³-hybridized carbons (Fsp3) is 0.211. The molecule has 25 heavy (non-hydrogen) atoms. The number of thioether (sulfide) groups is 1. The molecule has 0 unspecified atom stereocenters. The minimum absolute atomic E-state index is 0.0590. The summed E-state index contributed by atoms with van der Waals surface area (Å²) in [7, 11) is 0. The molecule has 128 valence electrons. The van der Waals surface area contributed by atoms with Crippen LogP contribution in [0.3, 0.4) is 0 Å². The van der Waals surface area contributed by atoms with Crippen molar-refractivity contribution in [2.75, 3.05) is 11.1 Å². The van der Waals surface area contributed by atoms with Gasteiger partial charge in [-0.1, -0.05) is 49.0 Å². The standard InChI is InChI=1S/C19H20N4OS/c1-3-17-21-22-19(23(17)16-10-5-4-6-11-16)25-13-18(24)20-15-9-7-8-14(2)12-15/h4-12H,3,13H2,1-2H3,(H,20,24). The molecule has 0 aliphatic carbocycles. The van der Waals surface area contributed by atoms with Gasteiger partial charge in [0, 0.05) is 17.8 Å². The highest BCUT2D eigenvalue weighted by atomic mass is 32.2. The van der Waals surface area contributed by atoms with Crippen LogP contribution in [0, 0.1) is 6.92 Å². The van der Waals surface area contributed by atoms with Crippen molar-refractivity contribution in [1.29, 1.82) is 0 Å². The lowest BCUT2D eigenvalue weighted by atomic mass is 10.2. The maximum Gasteiger partial charge on any atom is 0.234 e. The summed E-state index contributed by atoms with van der Waals surface area (Å²) in [5.41, 5.74) is 2.93. The number of carbonyl (C=O) groups excluding carboxylic acids is 1. The minimum atomic E-state index is -0.0590. The number of anilines is 1. The van der Waals surface area contributed by atoms with Crippen LogP contribution in [0.1, 0.15) is 18.3 Å². The molecule has 0 saturated carbocycles. The van der Waals surface area contributed by atoms with Gasteiger partial charge >= 0.3 is 0 Å². The number of nitrogens with one attached hydrogen (secondary N) is 1. The average molecular weight is 352 g/mol. The molecule has 2 aromatic carbocycles. The first-order valence-electron chi connectivity index (χ1n) is 8.16. The normalized spacial score (nSPS) is 10.6. The monoisotopic (exact) mass is 352 g/mol. The van der Waals surface area contributed by atoms with E-state index in [2.05, 4.69) is 15.5 Å². The number of hydrogen-bond donors (Lipinski definition) is 1. The van der Waals surface area contributed by atoms with Crippen LogP contribution in [0.2, 0.25) is 0 Å². The fourth-order valence-corrected chi connectivity index (χ4v) is 3.28. The molecule has 0 spiro atoms. The number of hydrogen-bond acceptors (Lipinski definition) is 4. The van der Waals surface area contributed by atoms with Crippen LogP contribution < -0.4 is 5.32 Å². The molecular formula is C19H20N4OS. The molecule has 0 saturated heterocycles. The lowest BCUT2D eigenvalue weighted by Gasteiger charge is -2.09. The van der Waals surface area contributed by atoms with Crippen molar-refractivity contribution in [2.45, 2.75) is 25.4 Å². The van der Waals surface area contributed by atoms with Gasteiger partial charge in [0.15, 0.2) is 5.16 Å². The smallest absolute Gasteiger partial charge is 0.234 e. The van der Waals surface area contributed by atoms with Crippen LogP contribution in [0.5, 0.6) is 0 Å². The highest BCUT2D eigenvalue weighted by Crippen LogP contribution is 2.22. The van der Waals surface area contributed by atoms with Gasteiger partial charge in [-0.3, -0.25) is 9.36 Å². The zero-order chi connectivity index (χ0) is 17.6. The van der Waals surface area contributed by atoms with Crippen LogP contribution in [0.15, 0.2) is 59.8 Å². The average Bonchev–Trinajstić information content (AvgIpc) is 3.04. The quantitative estimate of drug-likeness (QED) is 0.684. The van der Waals surface area contributed by atoms with Crippen molar-refractivity contribution in [3.05, 3.63) is 66.0 Å². The van der Waals surface area contributed by atoms with Gasteiger partial charge in [-0.2, -0.15) is 0 Å². The van der Waals surface area contributed by atoms with E-state index in [9.17, 15) is 4.79 Å². The summed E-state index contributed by atoms with van der Waals surface area (Å²) in [6.45, 7) is 4.04. The Bertz CT molecular complexity index is 861. The first-order valence-corrected chi connectivity index (χ1v) is 9.15. The molecule has 0 bridgehead atoms. The van der Waals surface area contributed by atoms with Crippen molar-refractivity contribution >= 4 is 23.4 Å². The zero-order valence-electron chi connectivity index (χ0n) is 14.3. The van der Waals surface area contributed by atoms with Gasteiger partial charge in [0.25, 0.3) is 0 Å². The molecule has 3 aromatic rings. The molecule has 1 amide bonds.